The van der Waals surface area contributed by atoms with Crippen LogP contribution in [0.1, 0.15) is 45.8 Å². The number of fused-ring (bicyclic) bond motifs is 3. The molecule has 1 aliphatic carbocycles. The highest BCUT2D eigenvalue weighted by Crippen LogP contribution is 2.30. The number of carbonyl (C=O) groups is 1. The van der Waals surface area contributed by atoms with Gasteiger partial charge in [-0.1, -0.05) is 12.1 Å². The SMILES string of the molecule is O=C(Nc1cccc(COCc2ccco2)c1)c1ccc2[nH]c3c(c2c1)CCCC3. The van der Waals surface area contributed by atoms with Gasteiger partial charge in [-0.25, -0.2) is 0 Å². The topological polar surface area (TPSA) is 67.3 Å². The molecule has 5 heteroatoms. The van der Waals surface area contributed by atoms with Crippen LogP contribution in [0, 0.1) is 0 Å². The maximum Gasteiger partial charge on any atom is 0.255 e. The van der Waals surface area contributed by atoms with Crippen molar-refractivity contribution < 1.29 is 13.9 Å². The molecular weight excluding hydrogens is 376 g/mol. The predicted octanol–water partition coefficient (Wildman–Crippen LogP) is 5.61. The Kier molecular flexibility index (Phi) is 5.11. The molecule has 5 rings (SSSR count). The van der Waals surface area contributed by atoms with Gasteiger partial charge in [0.2, 0.25) is 0 Å². The molecule has 0 unspecified atom stereocenters. The number of ether oxygens (including phenoxy) is 1. The van der Waals surface area contributed by atoms with E-state index < -0.39 is 0 Å². The van der Waals surface area contributed by atoms with Crippen LogP contribution >= 0.6 is 0 Å². The van der Waals surface area contributed by atoms with E-state index in [1.807, 2.05) is 54.6 Å². The van der Waals surface area contributed by atoms with E-state index in [2.05, 4.69) is 10.3 Å². The molecular formula is C25H24N2O3. The van der Waals surface area contributed by atoms with Crippen molar-refractivity contribution >= 4 is 22.5 Å². The van der Waals surface area contributed by atoms with Gasteiger partial charge >= 0.3 is 0 Å². The van der Waals surface area contributed by atoms with Gasteiger partial charge in [0.1, 0.15) is 12.4 Å². The highest BCUT2D eigenvalue weighted by molar-refractivity contribution is 6.06. The van der Waals surface area contributed by atoms with E-state index in [1.165, 1.54) is 29.5 Å². The average Bonchev–Trinajstić information content (AvgIpc) is 3.41. The summed E-state index contributed by atoms with van der Waals surface area (Å²) >= 11 is 0. The van der Waals surface area contributed by atoms with Gasteiger partial charge in [0.25, 0.3) is 5.91 Å². The minimum absolute atomic E-state index is 0.101. The number of benzene rings is 2. The molecule has 1 amide bonds. The lowest BCUT2D eigenvalue weighted by atomic mass is 9.95. The van der Waals surface area contributed by atoms with E-state index in [1.54, 1.807) is 6.26 Å². The van der Waals surface area contributed by atoms with Crippen molar-refractivity contribution in [2.45, 2.75) is 38.9 Å². The lowest BCUT2D eigenvalue weighted by molar-refractivity contribution is 0.0929. The van der Waals surface area contributed by atoms with Crippen molar-refractivity contribution in [1.82, 2.24) is 4.98 Å². The third-order valence-corrected chi connectivity index (χ3v) is 5.64. The summed E-state index contributed by atoms with van der Waals surface area (Å²) in [5.41, 5.74) is 6.26. The van der Waals surface area contributed by atoms with Crippen LogP contribution in [0.2, 0.25) is 0 Å². The van der Waals surface area contributed by atoms with Crippen LogP contribution in [0.3, 0.4) is 0 Å². The minimum Gasteiger partial charge on any atom is -0.467 e. The Bertz CT molecular complexity index is 1170. The van der Waals surface area contributed by atoms with E-state index in [0.29, 0.717) is 18.8 Å². The second kappa shape index (κ2) is 8.20. The summed E-state index contributed by atoms with van der Waals surface area (Å²) in [7, 11) is 0. The molecule has 4 aromatic rings. The zero-order valence-electron chi connectivity index (χ0n) is 16.7. The molecule has 0 radical (unpaired) electrons. The normalized spacial score (nSPS) is 13.3. The van der Waals surface area contributed by atoms with Crippen LogP contribution in [-0.4, -0.2) is 10.9 Å². The van der Waals surface area contributed by atoms with E-state index in [9.17, 15) is 4.79 Å². The third-order valence-electron chi connectivity index (χ3n) is 5.64. The summed E-state index contributed by atoms with van der Waals surface area (Å²) in [6.45, 7) is 0.871. The monoisotopic (exact) mass is 400 g/mol. The summed E-state index contributed by atoms with van der Waals surface area (Å²) in [6, 6.07) is 17.4. The van der Waals surface area contributed by atoms with Crippen molar-refractivity contribution in [1.29, 1.82) is 0 Å². The number of hydrogen-bond acceptors (Lipinski definition) is 3. The zero-order chi connectivity index (χ0) is 20.3. The van der Waals surface area contributed by atoms with Crippen LogP contribution in [0.5, 0.6) is 0 Å². The Balaban J connectivity index is 1.28. The first kappa shape index (κ1) is 18.7. The smallest absolute Gasteiger partial charge is 0.255 e. The molecule has 1 aliphatic rings. The predicted molar refractivity (Wildman–Crippen MR) is 117 cm³/mol. The lowest BCUT2D eigenvalue weighted by Gasteiger charge is -2.11. The van der Waals surface area contributed by atoms with Crippen LogP contribution in [-0.2, 0) is 30.8 Å². The van der Waals surface area contributed by atoms with Gasteiger partial charge in [-0.2, -0.15) is 0 Å². The molecule has 2 N–H and O–H groups in total. The number of aryl methyl sites for hydroxylation is 2. The van der Waals surface area contributed by atoms with Crippen molar-refractivity contribution in [3.05, 3.63) is 89.0 Å². The number of aromatic nitrogens is 1. The fourth-order valence-corrected chi connectivity index (χ4v) is 4.15. The highest BCUT2D eigenvalue weighted by Gasteiger charge is 2.17. The zero-order valence-corrected chi connectivity index (χ0v) is 16.7. The van der Waals surface area contributed by atoms with Crippen LogP contribution in [0.4, 0.5) is 5.69 Å². The molecule has 2 heterocycles. The second-order valence-corrected chi connectivity index (χ2v) is 7.78. The Morgan fingerprint density at radius 1 is 1.03 bits per heavy atom. The fraction of sp³-hybridized carbons (Fsp3) is 0.240. The van der Waals surface area contributed by atoms with Crippen molar-refractivity contribution in [3.63, 3.8) is 0 Å². The molecule has 0 atom stereocenters. The van der Waals surface area contributed by atoms with Gasteiger partial charge < -0.3 is 19.5 Å². The highest BCUT2D eigenvalue weighted by atomic mass is 16.5. The summed E-state index contributed by atoms with van der Waals surface area (Å²) in [4.78, 5) is 16.4. The van der Waals surface area contributed by atoms with E-state index in [-0.39, 0.29) is 5.91 Å². The molecule has 0 aliphatic heterocycles. The van der Waals surface area contributed by atoms with Gasteiger partial charge in [-0.05, 0) is 79.3 Å². The number of hydrogen-bond donors (Lipinski definition) is 2. The Morgan fingerprint density at radius 3 is 2.87 bits per heavy atom. The molecule has 0 bridgehead atoms. The maximum absolute atomic E-state index is 12.9. The molecule has 2 aromatic heterocycles. The van der Waals surface area contributed by atoms with Gasteiger partial charge in [0, 0.05) is 27.8 Å². The van der Waals surface area contributed by atoms with E-state index >= 15 is 0 Å². The molecule has 0 saturated heterocycles. The quantitative estimate of drug-likeness (QED) is 0.442. The number of carbonyl (C=O) groups excluding carboxylic acids is 1. The minimum atomic E-state index is -0.101. The number of amides is 1. The fourth-order valence-electron chi connectivity index (χ4n) is 4.15. The summed E-state index contributed by atoms with van der Waals surface area (Å²) in [6.07, 6.45) is 6.26. The number of nitrogens with one attached hydrogen (secondary N) is 2. The molecule has 30 heavy (non-hydrogen) atoms. The first-order valence-corrected chi connectivity index (χ1v) is 10.4. The van der Waals surface area contributed by atoms with E-state index in [0.717, 1.165) is 35.4 Å². The molecule has 5 nitrogen and oxygen atoms in total. The molecule has 152 valence electrons. The van der Waals surface area contributed by atoms with Crippen molar-refractivity contribution in [2.75, 3.05) is 5.32 Å². The van der Waals surface area contributed by atoms with Crippen molar-refractivity contribution in [3.8, 4) is 0 Å². The van der Waals surface area contributed by atoms with E-state index in [4.69, 9.17) is 9.15 Å². The molecule has 2 aromatic carbocycles. The largest absolute Gasteiger partial charge is 0.467 e. The second-order valence-electron chi connectivity index (χ2n) is 7.78. The Hall–Kier alpha value is -3.31. The van der Waals surface area contributed by atoms with Gasteiger partial charge in [-0.3, -0.25) is 4.79 Å². The number of aromatic amines is 1. The van der Waals surface area contributed by atoms with Gasteiger partial charge in [0.15, 0.2) is 0 Å². The molecule has 0 spiro atoms. The standard InChI is InChI=1S/C25H24N2O3/c28-25(18-10-11-24-22(14-18)21-8-1-2-9-23(21)27-24)26-19-6-3-5-17(13-19)15-29-16-20-7-4-12-30-20/h3-7,10-14,27H,1-2,8-9,15-16H2,(H,26,28). The number of H-pyrrole nitrogens is 1. The number of anilines is 1. The lowest BCUT2D eigenvalue weighted by Crippen LogP contribution is -2.12. The Labute approximate surface area is 175 Å². The Morgan fingerprint density at radius 2 is 1.97 bits per heavy atom. The van der Waals surface area contributed by atoms with Crippen molar-refractivity contribution in [2.24, 2.45) is 0 Å². The molecule has 0 fully saturated rings. The molecule has 0 saturated carbocycles. The van der Waals surface area contributed by atoms with Crippen LogP contribution < -0.4 is 5.32 Å². The van der Waals surface area contributed by atoms with Crippen LogP contribution in [0.15, 0.2) is 65.3 Å². The number of rotatable bonds is 6. The summed E-state index contributed by atoms with van der Waals surface area (Å²) in [5, 5.41) is 4.19. The maximum atomic E-state index is 12.9. The summed E-state index contributed by atoms with van der Waals surface area (Å²) < 4.78 is 11.0. The first-order valence-electron chi connectivity index (χ1n) is 10.4. The van der Waals surface area contributed by atoms with Crippen LogP contribution in [0.25, 0.3) is 10.9 Å². The first-order chi connectivity index (χ1) is 14.8. The van der Waals surface area contributed by atoms with Gasteiger partial charge in [-0.15, -0.1) is 0 Å². The average molecular weight is 400 g/mol. The summed E-state index contributed by atoms with van der Waals surface area (Å²) in [5.74, 6) is 0.693. The third kappa shape index (κ3) is 3.89. The van der Waals surface area contributed by atoms with Gasteiger partial charge in [0.05, 0.1) is 12.9 Å². The number of furan rings is 1.